The minimum Gasteiger partial charge on any atom is -0.504 e. The average Bonchev–Trinajstić information content (AvgIpc) is 2.92. The van der Waals surface area contributed by atoms with Crippen molar-refractivity contribution in [1.82, 2.24) is 15.5 Å². The number of nitrogens with zero attached hydrogens (tertiary/aromatic N) is 2. The summed E-state index contributed by atoms with van der Waals surface area (Å²) in [4.78, 5) is 0. The number of aromatic hydroxyl groups is 1. The van der Waals surface area contributed by atoms with E-state index in [1.807, 2.05) is 6.07 Å². The summed E-state index contributed by atoms with van der Waals surface area (Å²) in [6.07, 6.45) is 0.868. The van der Waals surface area contributed by atoms with Crippen molar-refractivity contribution in [3.8, 4) is 22.1 Å². The first-order chi connectivity index (χ1) is 10.1. The average molecular weight is 307 g/mol. The van der Waals surface area contributed by atoms with E-state index in [2.05, 4.69) is 29.4 Å². The van der Waals surface area contributed by atoms with E-state index in [4.69, 9.17) is 4.74 Å². The van der Waals surface area contributed by atoms with Gasteiger partial charge in [0.15, 0.2) is 11.5 Å². The zero-order chi connectivity index (χ0) is 15.2. The number of phenols is 1. The van der Waals surface area contributed by atoms with Crippen molar-refractivity contribution in [2.24, 2.45) is 5.92 Å². The zero-order valence-corrected chi connectivity index (χ0v) is 13.4. The van der Waals surface area contributed by atoms with E-state index in [9.17, 15) is 5.11 Å². The van der Waals surface area contributed by atoms with Crippen LogP contribution in [0.3, 0.4) is 0 Å². The van der Waals surface area contributed by atoms with Gasteiger partial charge in [-0.1, -0.05) is 25.2 Å². The van der Waals surface area contributed by atoms with Crippen molar-refractivity contribution in [1.29, 1.82) is 0 Å². The van der Waals surface area contributed by atoms with Gasteiger partial charge in [0.2, 0.25) is 0 Å². The van der Waals surface area contributed by atoms with Gasteiger partial charge >= 0.3 is 0 Å². The van der Waals surface area contributed by atoms with Crippen molar-refractivity contribution in [2.45, 2.75) is 20.3 Å². The highest BCUT2D eigenvalue weighted by Gasteiger charge is 2.09. The van der Waals surface area contributed by atoms with Gasteiger partial charge in [-0.3, -0.25) is 0 Å². The van der Waals surface area contributed by atoms with Crippen LogP contribution in [-0.2, 0) is 6.42 Å². The molecule has 0 unspecified atom stereocenters. The largest absolute Gasteiger partial charge is 0.504 e. The Morgan fingerprint density at radius 1 is 1.33 bits per heavy atom. The highest BCUT2D eigenvalue weighted by Crippen LogP contribution is 2.32. The molecule has 2 N–H and O–H groups in total. The first kappa shape index (κ1) is 15.7. The molecule has 0 aliphatic carbocycles. The van der Waals surface area contributed by atoms with Crippen molar-refractivity contribution >= 4 is 11.3 Å². The Hall–Kier alpha value is -1.66. The Balaban J connectivity index is 1.97. The second kappa shape index (κ2) is 7.38. The van der Waals surface area contributed by atoms with E-state index in [1.165, 1.54) is 7.11 Å². The van der Waals surface area contributed by atoms with Gasteiger partial charge in [-0.25, -0.2) is 0 Å². The standard InChI is InChI=1S/C15H21N3O2S/c1-10(2)9-16-7-6-14-17-18-15(21-14)11-4-5-13(20-3)12(19)8-11/h4-5,8,10,16,19H,6-7,9H2,1-3H3. The summed E-state index contributed by atoms with van der Waals surface area (Å²) < 4.78 is 5.03. The Morgan fingerprint density at radius 2 is 2.14 bits per heavy atom. The van der Waals surface area contributed by atoms with Gasteiger partial charge in [0.25, 0.3) is 0 Å². The third kappa shape index (κ3) is 4.41. The highest BCUT2D eigenvalue weighted by atomic mass is 32.1. The van der Waals surface area contributed by atoms with Crippen LogP contribution < -0.4 is 10.1 Å². The predicted octanol–water partition coefficient (Wildman–Crippen LogP) is 2.71. The first-order valence-electron chi connectivity index (χ1n) is 7.00. The topological polar surface area (TPSA) is 67.3 Å². The second-order valence-corrected chi connectivity index (χ2v) is 6.30. The van der Waals surface area contributed by atoms with E-state index in [-0.39, 0.29) is 5.75 Å². The van der Waals surface area contributed by atoms with Crippen molar-refractivity contribution < 1.29 is 9.84 Å². The fourth-order valence-corrected chi connectivity index (χ4v) is 2.72. The molecular weight excluding hydrogens is 286 g/mol. The summed E-state index contributed by atoms with van der Waals surface area (Å²) in [5.74, 6) is 1.23. The molecule has 114 valence electrons. The normalized spacial score (nSPS) is 11.0. The second-order valence-electron chi connectivity index (χ2n) is 5.24. The highest BCUT2D eigenvalue weighted by molar-refractivity contribution is 7.14. The minimum absolute atomic E-state index is 0.116. The van der Waals surface area contributed by atoms with Gasteiger partial charge in [0.1, 0.15) is 10.0 Å². The lowest BCUT2D eigenvalue weighted by Crippen LogP contribution is -2.22. The van der Waals surface area contributed by atoms with Crippen LogP contribution in [0.15, 0.2) is 18.2 Å². The van der Waals surface area contributed by atoms with Crippen LogP contribution in [0, 0.1) is 5.92 Å². The molecule has 5 nitrogen and oxygen atoms in total. The Labute approximate surface area is 129 Å². The molecule has 0 aliphatic rings. The summed E-state index contributed by atoms with van der Waals surface area (Å²) in [5.41, 5.74) is 0.854. The summed E-state index contributed by atoms with van der Waals surface area (Å²) in [6.45, 7) is 6.29. The molecule has 6 heteroatoms. The van der Waals surface area contributed by atoms with E-state index in [1.54, 1.807) is 23.5 Å². The number of phenolic OH excluding ortho intramolecular Hbond substituents is 1. The van der Waals surface area contributed by atoms with Crippen LogP contribution in [0.4, 0.5) is 0 Å². The maximum atomic E-state index is 9.81. The van der Waals surface area contributed by atoms with Crippen LogP contribution in [0.25, 0.3) is 10.6 Å². The van der Waals surface area contributed by atoms with Crippen LogP contribution in [0.1, 0.15) is 18.9 Å². The predicted molar refractivity (Wildman–Crippen MR) is 85.0 cm³/mol. The SMILES string of the molecule is COc1ccc(-c2nnc(CCNCC(C)C)s2)cc1O. The smallest absolute Gasteiger partial charge is 0.160 e. The summed E-state index contributed by atoms with van der Waals surface area (Å²) >= 11 is 1.55. The monoisotopic (exact) mass is 307 g/mol. The lowest BCUT2D eigenvalue weighted by atomic mass is 10.2. The molecule has 1 aromatic heterocycles. The molecule has 0 atom stereocenters. The third-order valence-electron chi connectivity index (χ3n) is 2.96. The molecular formula is C15H21N3O2S. The van der Waals surface area contributed by atoms with Gasteiger partial charge < -0.3 is 15.2 Å². The molecule has 0 bridgehead atoms. The van der Waals surface area contributed by atoms with Crippen LogP contribution >= 0.6 is 11.3 Å². The van der Waals surface area contributed by atoms with E-state index >= 15 is 0 Å². The van der Waals surface area contributed by atoms with Gasteiger partial charge in [0, 0.05) is 18.5 Å². The molecule has 0 fully saturated rings. The molecule has 0 saturated carbocycles. The lowest BCUT2D eigenvalue weighted by molar-refractivity contribution is 0.373. The summed E-state index contributed by atoms with van der Waals surface area (Å²) in [7, 11) is 1.53. The molecule has 0 saturated heterocycles. The van der Waals surface area contributed by atoms with Crippen LogP contribution in [0.2, 0.25) is 0 Å². The molecule has 1 heterocycles. The number of nitrogens with one attached hydrogen (secondary N) is 1. The fourth-order valence-electron chi connectivity index (χ4n) is 1.88. The Kier molecular flexibility index (Phi) is 5.52. The Morgan fingerprint density at radius 3 is 2.81 bits per heavy atom. The number of rotatable bonds is 7. The number of methoxy groups -OCH3 is 1. The Bertz CT molecular complexity index is 584. The number of hydrogen-bond donors (Lipinski definition) is 2. The first-order valence-corrected chi connectivity index (χ1v) is 7.82. The molecule has 0 aliphatic heterocycles. The summed E-state index contributed by atoms with van der Waals surface area (Å²) in [5, 5.41) is 23.4. The van der Waals surface area contributed by atoms with E-state index in [0.717, 1.165) is 35.1 Å². The molecule has 0 spiro atoms. The lowest BCUT2D eigenvalue weighted by Gasteiger charge is -2.05. The number of aromatic nitrogens is 2. The van der Waals surface area contributed by atoms with Crippen molar-refractivity contribution in [3.05, 3.63) is 23.2 Å². The quantitative estimate of drug-likeness (QED) is 0.770. The minimum atomic E-state index is 0.116. The maximum absolute atomic E-state index is 9.81. The van der Waals surface area contributed by atoms with Crippen molar-refractivity contribution in [3.63, 3.8) is 0 Å². The molecule has 1 aromatic carbocycles. The molecule has 2 aromatic rings. The number of hydrogen-bond acceptors (Lipinski definition) is 6. The van der Waals surface area contributed by atoms with E-state index in [0.29, 0.717) is 11.7 Å². The van der Waals surface area contributed by atoms with Crippen molar-refractivity contribution in [2.75, 3.05) is 20.2 Å². The molecule has 2 rings (SSSR count). The summed E-state index contributed by atoms with van der Waals surface area (Å²) in [6, 6.07) is 5.26. The van der Waals surface area contributed by atoms with Gasteiger partial charge in [-0.05, 0) is 30.7 Å². The van der Waals surface area contributed by atoms with Gasteiger partial charge in [-0.15, -0.1) is 10.2 Å². The molecule has 0 amide bonds. The van der Waals surface area contributed by atoms with Crippen LogP contribution in [-0.4, -0.2) is 35.5 Å². The van der Waals surface area contributed by atoms with Gasteiger partial charge in [0.05, 0.1) is 7.11 Å². The zero-order valence-electron chi connectivity index (χ0n) is 12.6. The van der Waals surface area contributed by atoms with E-state index < -0.39 is 0 Å². The third-order valence-corrected chi connectivity index (χ3v) is 3.99. The van der Waals surface area contributed by atoms with Crippen LogP contribution in [0.5, 0.6) is 11.5 Å². The fraction of sp³-hybridized carbons (Fsp3) is 0.467. The maximum Gasteiger partial charge on any atom is 0.160 e. The molecule has 21 heavy (non-hydrogen) atoms. The number of benzene rings is 1. The number of ether oxygens (including phenoxy) is 1. The molecule has 0 radical (unpaired) electrons. The van der Waals surface area contributed by atoms with Gasteiger partial charge in [-0.2, -0.15) is 0 Å².